The number of amides is 2. The van der Waals surface area contributed by atoms with Gasteiger partial charge in [-0.1, -0.05) is 18.2 Å². The van der Waals surface area contributed by atoms with Gasteiger partial charge >= 0.3 is 6.09 Å². The van der Waals surface area contributed by atoms with Crippen molar-refractivity contribution in [2.24, 2.45) is 5.92 Å². The molecule has 1 aromatic carbocycles. The summed E-state index contributed by atoms with van der Waals surface area (Å²) >= 11 is 0. The molecule has 0 aromatic heterocycles. The Hall–Kier alpha value is -2.32. The maximum Gasteiger partial charge on any atom is 0.410 e. The topological polar surface area (TPSA) is 65.6 Å². The zero-order valence-electron chi connectivity index (χ0n) is 19.1. The lowest BCUT2D eigenvalue weighted by atomic mass is 9.96. The van der Waals surface area contributed by atoms with Gasteiger partial charge in [0.15, 0.2) is 0 Å². The maximum absolute atomic E-state index is 13.0. The van der Waals surface area contributed by atoms with Gasteiger partial charge in [0.05, 0.1) is 13.7 Å². The molecule has 8 nitrogen and oxygen atoms in total. The summed E-state index contributed by atoms with van der Waals surface area (Å²) in [6.45, 7) is 6.00. The standard InChI is InChI=1S/C23H36N4O4/c1-24(2)11-12-26(22(28)18-27-13-14-31-23(27)29)16-19-7-6-10-25(15-19)17-20-8-4-5-9-21(20)30-3/h4-5,8-9,19H,6-7,10-18H2,1-3H3/t19-/m0/s1. The van der Waals surface area contributed by atoms with Crippen LogP contribution in [0.25, 0.3) is 0 Å². The van der Waals surface area contributed by atoms with Crippen molar-refractivity contribution in [2.75, 3.05) is 73.6 Å². The van der Waals surface area contributed by atoms with Gasteiger partial charge in [-0.3, -0.25) is 14.6 Å². The van der Waals surface area contributed by atoms with Crippen molar-refractivity contribution < 1.29 is 19.1 Å². The molecule has 172 valence electrons. The van der Waals surface area contributed by atoms with Gasteiger partial charge in [0.2, 0.25) is 5.91 Å². The van der Waals surface area contributed by atoms with Gasteiger partial charge in [-0.15, -0.1) is 0 Å². The lowest BCUT2D eigenvalue weighted by Gasteiger charge is -2.36. The highest BCUT2D eigenvalue weighted by atomic mass is 16.6. The van der Waals surface area contributed by atoms with Crippen LogP contribution in [-0.4, -0.2) is 105 Å². The van der Waals surface area contributed by atoms with Crippen LogP contribution < -0.4 is 4.74 Å². The molecule has 0 N–H and O–H groups in total. The highest BCUT2D eigenvalue weighted by Crippen LogP contribution is 2.24. The summed E-state index contributed by atoms with van der Waals surface area (Å²) in [4.78, 5) is 32.8. The van der Waals surface area contributed by atoms with Gasteiger partial charge in [-0.2, -0.15) is 0 Å². The molecule has 0 spiro atoms. The van der Waals surface area contributed by atoms with Gasteiger partial charge in [0.1, 0.15) is 18.9 Å². The predicted molar refractivity (Wildman–Crippen MR) is 119 cm³/mol. The minimum Gasteiger partial charge on any atom is -0.496 e. The van der Waals surface area contributed by atoms with Crippen molar-refractivity contribution in [3.05, 3.63) is 29.8 Å². The normalized spacial score (nSPS) is 19.5. The van der Waals surface area contributed by atoms with Crippen LogP contribution >= 0.6 is 0 Å². The second-order valence-electron chi connectivity index (χ2n) is 8.73. The lowest BCUT2D eigenvalue weighted by Crippen LogP contribution is -2.47. The fourth-order valence-corrected chi connectivity index (χ4v) is 4.30. The summed E-state index contributed by atoms with van der Waals surface area (Å²) in [7, 11) is 5.73. The monoisotopic (exact) mass is 432 g/mol. The molecule has 2 heterocycles. The Morgan fingerprint density at radius 1 is 1.23 bits per heavy atom. The molecule has 2 aliphatic heterocycles. The van der Waals surface area contributed by atoms with E-state index in [4.69, 9.17) is 9.47 Å². The SMILES string of the molecule is COc1ccccc1CN1CCC[C@H](CN(CCN(C)C)C(=O)CN2CCOC2=O)C1. The Kier molecular flexibility index (Phi) is 8.54. The fourth-order valence-electron chi connectivity index (χ4n) is 4.30. The quantitative estimate of drug-likeness (QED) is 0.561. The van der Waals surface area contributed by atoms with Crippen molar-refractivity contribution in [3.8, 4) is 5.75 Å². The number of carbonyl (C=O) groups excluding carboxylic acids is 2. The first-order valence-corrected chi connectivity index (χ1v) is 11.1. The number of nitrogens with zero attached hydrogens (tertiary/aromatic N) is 4. The Bertz CT molecular complexity index is 742. The van der Waals surface area contributed by atoms with Gasteiger partial charge < -0.3 is 19.3 Å². The van der Waals surface area contributed by atoms with E-state index in [1.54, 1.807) is 7.11 Å². The number of cyclic esters (lactones) is 1. The van der Waals surface area contributed by atoms with E-state index in [0.717, 1.165) is 51.3 Å². The first kappa shape index (κ1) is 23.3. The summed E-state index contributed by atoms with van der Waals surface area (Å²) in [6, 6.07) is 8.16. The van der Waals surface area contributed by atoms with E-state index in [1.165, 1.54) is 10.5 Å². The summed E-state index contributed by atoms with van der Waals surface area (Å²) in [5.74, 6) is 1.34. The van der Waals surface area contributed by atoms with Gasteiger partial charge in [0.25, 0.3) is 0 Å². The second-order valence-corrected chi connectivity index (χ2v) is 8.73. The number of likely N-dealkylation sites (tertiary alicyclic amines) is 1. The average molecular weight is 433 g/mol. The Balaban J connectivity index is 1.59. The number of para-hydroxylation sites is 1. The Morgan fingerprint density at radius 3 is 2.74 bits per heavy atom. The van der Waals surface area contributed by atoms with E-state index in [-0.39, 0.29) is 18.5 Å². The van der Waals surface area contributed by atoms with Gasteiger partial charge in [0, 0.05) is 38.3 Å². The van der Waals surface area contributed by atoms with Crippen molar-refractivity contribution in [2.45, 2.75) is 19.4 Å². The molecule has 1 atom stereocenters. The van der Waals surface area contributed by atoms with Crippen LogP contribution in [0.1, 0.15) is 18.4 Å². The van der Waals surface area contributed by atoms with Crippen LogP contribution in [0.2, 0.25) is 0 Å². The van der Waals surface area contributed by atoms with Crippen molar-refractivity contribution in [3.63, 3.8) is 0 Å². The third-order valence-electron chi connectivity index (χ3n) is 6.01. The van der Waals surface area contributed by atoms with Gasteiger partial charge in [-0.25, -0.2) is 4.79 Å². The number of carbonyl (C=O) groups is 2. The second kappa shape index (κ2) is 11.3. The Labute approximate surface area is 185 Å². The number of ether oxygens (including phenoxy) is 2. The highest BCUT2D eigenvalue weighted by Gasteiger charge is 2.29. The van der Waals surface area contributed by atoms with Crippen molar-refractivity contribution >= 4 is 12.0 Å². The van der Waals surface area contributed by atoms with Crippen LogP contribution in [0.3, 0.4) is 0 Å². The van der Waals surface area contributed by atoms with Crippen LogP contribution in [0, 0.1) is 5.92 Å². The van der Waals surface area contributed by atoms with E-state index < -0.39 is 0 Å². The molecule has 2 amide bonds. The predicted octanol–water partition coefficient (Wildman–Crippen LogP) is 1.75. The molecule has 31 heavy (non-hydrogen) atoms. The summed E-state index contributed by atoms with van der Waals surface area (Å²) in [5, 5.41) is 0. The van der Waals surface area contributed by atoms with Crippen LogP contribution in [0.4, 0.5) is 4.79 Å². The molecule has 3 rings (SSSR count). The summed E-state index contributed by atoms with van der Waals surface area (Å²) in [5.41, 5.74) is 1.19. The third-order valence-corrected chi connectivity index (χ3v) is 6.01. The van der Waals surface area contributed by atoms with Crippen LogP contribution in [0.5, 0.6) is 5.75 Å². The van der Waals surface area contributed by atoms with Crippen molar-refractivity contribution in [1.82, 2.24) is 19.6 Å². The van der Waals surface area contributed by atoms with Crippen LogP contribution in [-0.2, 0) is 16.1 Å². The Morgan fingerprint density at radius 2 is 2.03 bits per heavy atom. The smallest absolute Gasteiger partial charge is 0.410 e. The molecular weight excluding hydrogens is 396 g/mol. The third kappa shape index (κ3) is 6.83. The number of piperidine rings is 1. The number of hydrogen-bond acceptors (Lipinski definition) is 6. The van der Waals surface area contributed by atoms with E-state index in [1.807, 2.05) is 37.2 Å². The molecule has 0 bridgehead atoms. The lowest BCUT2D eigenvalue weighted by molar-refractivity contribution is -0.132. The largest absolute Gasteiger partial charge is 0.496 e. The minimum atomic E-state index is -0.387. The summed E-state index contributed by atoms with van der Waals surface area (Å²) in [6.07, 6.45) is 1.84. The van der Waals surface area contributed by atoms with E-state index in [9.17, 15) is 9.59 Å². The molecule has 0 unspecified atom stereocenters. The number of hydrogen-bond donors (Lipinski definition) is 0. The fraction of sp³-hybridized carbons (Fsp3) is 0.652. The zero-order chi connectivity index (χ0) is 22.2. The first-order valence-electron chi connectivity index (χ1n) is 11.1. The minimum absolute atomic E-state index is 0.00236. The summed E-state index contributed by atoms with van der Waals surface area (Å²) < 4.78 is 10.5. The van der Waals surface area contributed by atoms with Crippen LogP contribution in [0.15, 0.2) is 24.3 Å². The number of rotatable bonds is 10. The van der Waals surface area contributed by atoms with Gasteiger partial charge in [-0.05, 0) is 45.5 Å². The average Bonchev–Trinajstić information content (AvgIpc) is 3.16. The number of likely N-dealkylation sites (N-methyl/N-ethyl adjacent to an activating group) is 1. The molecule has 1 aromatic rings. The molecule has 0 aliphatic carbocycles. The molecule has 0 saturated carbocycles. The molecule has 2 aliphatic rings. The number of methoxy groups -OCH3 is 1. The highest BCUT2D eigenvalue weighted by molar-refractivity contribution is 5.82. The number of benzene rings is 1. The van der Waals surface area contributed by atoms with Crippen molar-refractivity contribution in [1.29, 1.82) is 0 Å². The molecule has 8 heteroatoms. The molecule has 2 saturated heterocycles. The van der Waals surface area contributed by atoms with E-state index in [2.05, 4.69) is 15.9 Å². The molecule has 2 fully saturated rings. The zero-order valence-corrected chi connectivity index (χ0v) is 19.1. The molecular formula is C23H36N4O4. The maximum atomic E-state index is 13.0. The van der Waals surface area contributed by atoms with E-state index >= 15 is 0 Å². The van der Waals surface area contributed by atoms with E-state index in [0.29, 0.717) is 25.6 Å². The molecule has 0 radical (unpaired) electrons. The first-order chi connectivity index (χ1) is 15.0.